The topological polar surface area (TPSA) is 15.3 Å². The van der Waals surface area contributed by atoms with Crippen LogP contribution in [0.5, 0.6) is 0 Å². The molecule has 0 aromatic heterocycles. The maximum absolute atomic E-state index is 3.75. The van der Waals surface area contributed by atoms with Crippen molar-refractivity contribution < 1.29 is 0 Å². The fourth-order valence-corrected chi connectivity index (χ4v) is 3.04. The molecule has 0 atom stereocenters. The molecule has 0 spiro atoms. The Morgan fingerprint density at radius 2 is 2.10 bits per heavy atom. The molecule has 2 rings (SSSR count). The van der Waals surface area contributed by atoms with Crippen LogP contribution in [0.4, 0.5) is 0 Å². The fraction of sp³-hybridized carbons (Fsp3) is 0.647. The highest BCUT2D eigenvalue weighted by atomic mass is 79.9. The molecule has 1 aromatic carbocycles. The summed E-state index contributed by atoms with van der Waals surface area (Å²) >= 11 is 3.75. The van der Waals surface area contributed by atoms with E-state index in [2.05, 4.69) is 65.1 Å². The van der Waals surface area contributed by atoms with Crippen molar-refractivity contribution in [3.8, 4) is 0 Å². The van der Waals surface area contributed by atoms with Gasteiger partial charge in [0, 0.05) is 29.6 Å². The lowest BCUT2D eigenvalue weighted by Crippen LogP contribution is -2.26. The number of halogens is 1. The fourth-order valence-electron chi connectivity index (χ4n) is 2.49. The lowest BCUT2D eigenvalue weighted by atomic mass is 10.1. The van der Waals surface area contributed by atoms with Gasteiger partial charge in [0.2, 0.25) is 0 Å². The van der Waals surface area contributed by atoms with Crippen molar-refractivity contribution in [2.75, 3.05) is 6.54 Å². The Morgan fingerprint density at radius 1 is 1.35 bits per heavy atom. The predicted octanol–water partition coefficient (Wildman–Crippen LogP) is 4.32. The van der Waals surface area contributed by atoms with Gasteiger partial charge in [-0.1, -0.05) is 48.8 Å². The molecule has 20 heavy (non-hydrogen) atoms. The molecule has 0 amide bonds. The lowest BCUT2D eigenvalue weighted by molar-refractivity contribution is 0.255. The van der Waals surface area contributed by atoms with E-state index in [1.165, 1.54) is 41.4 Å². The molecule has 1 saturated carbocycles. The highest BCUT2D eigenvalue weighted by molar-refractivity contribution is 9.10. The molecule has 3 heteroatoms. The second kappa shape index (κ2) is 7.58. The van der Waals surface area contributed by atoms with E-state index < -0.39 is 0 Å². The first kappa shape index (κ1) is 16.0. The third-order valence-corrected chi connectivity index (χ3v) is 4.52. The summed E-state index contributed by atoms with van der Waals surface area (Å²) in [4.78, 5) is 2.63. The van der Waals surface area contributed by atoms with E-state index >= 15 is 0 Å². The summed E-state index contributed by atoms with van der Waals surface area (Å²) in [7, 11) is 0. The summed E-state index contributed by atoms with van der Waals surface area (Å²) in [5.41, 5.74) is 2.77. The van der Waals surface area contributed by atoms with Gasteiger partial charge in [-0.2, -0.15) is 0 Å². The van der Waals surface area contributed by atoms with Crippen LogP contribution < -0.4 is 5.32 Å². The van der Waals surface area contributed by atoms with Crippen LogP contribution in [0.15, 0.2) is 22.7 Å². The van der Waals surface area contributed by atoms with Crippen LogP contribution in [0, 0.1) is 0 Å². The van der Waals surface area contributed by atoms with Crippen LogP contribution >= 0.6 is 15.9 Å². The zero-order valence-corrected chi connectivity index (χ0v) is 14.5. The van der Waals surface area contributed by atoms with Gasteiger partial charge in [-0.15, -0.1) is 0 Å². The molecule has 1 aliphatic rings. The molecular formula is C17H27BrN2. The van der Waals surface area contributed by atoms with Gasteiger partial charge in [-0.25, -0.2) is 0 Å². The number of hydrogen-bond acceptors (Lipinski definition) is 2. The standard InChI is InChI=1S/C17H27BrN2/c1-4-9-20(16-7-8-16)12-15-6-5-14(10-17(15)18)11-19-13(2)3/h5-6,10,13,16,19H,4,7-9,11-12H2,1-3H3. The van der Waals surface area contributed by atoms with Gasteiger partial charge in [-0.05, 0) is 43.0 Å². The molecule has 0 aliphatic heterocycles. The third-order valence-electron chi connectivity index (χ3n) is 3.78. The second-order valence-electron chi connectivity index (χ2n) is 6.16. The largest absolute Gasteiger partial charge is 0.310 e. The molecular weight excluding hydrogens is 312 g/mol. The number of benzene rings is 1. The van der Waals surface area contributed by atoms with Crippen LogP contribution in [0.1, 0.15) is 51.2 Å². The van der Waals surface area contributed by atoms with Gasteiger partial charge in [0.25, 0.3) is 0 Å². The minimum Gasteiger partial charge on any atom is -0.310 e. The summed E-state index contributed by atoms with van der Waals surface area (Å²) in [6, 6.07) is 8.17. The molecule has 0 heterocycles. The van der Waals surface area contributed by atoms with Gasteiger partial charge in [0.1, 0.15) is 0 Å². The summed E-state index contributed by atoms with van der Waals surface area (Å²) in [5, 5.41) is 3.47. The van der Waals surface area contributed by atoms with Gasteiger partial charge >= 0.3 is 0 Å². The summed E-state index contributed by atoms with van der Waals surface area (Å²) in [6.07, 6.45) is 4.01. The van der Waals surface area contributed by atoms with Crippen LogP contribution in [0.25, 0.3) is 0 Å². The zero-order chi connectivity index (χ0) is 14.5. The van der Waals surface area contributed by atoms with Crippen LogP contribution in [-0.4, -0.2) is 23.5 Å². The quantitative estimate of drug-likeness (QED) is 0.759. The van der Waals surface area contributed by atoms with E-state index in [-0.39, 0.29) is 0 Å². The lowest BCUT2D eigenvalue weighted by Gasteiger charge is -2.22. The maximum atomic E-state index is 3.75. The van der Waals surface area contributed by atoms with Crippen molar-refractivity contribution in [2.24, 2.45) is 0 Å². The third kappa shape index (κ3) is 4.87. The molecule has 1 aromatic rings. The number of nitrogens with zero attached hydrogens (tertiary/aromatic N) is 1. The Morgan fingerprint density at radius 3 is 2.65 bits per heavy atom. The van der Waals surface area contributed by atoms with E-state index in [9.17, 15) is 0 Å². The van der Waals surface area contributed by atoms with Gasteiger partial charge < -0.3 is 5.32 Å². The van der Waals surface area contributed by atoms with Crippen molar-refractivity contribution in [3.63, 3.8) is 0 Å². The van der Waals surface area contributed by atoms with E-state index in [1.54, 1.807) is 0 Å². The molecule has 2 nitrogen and oxygen atoms in total. The molecule has 112 valence electrons. The van der Waals surface area contributed by atoms with Crippen LogP contribution in [-0.2, 0) is 13.1 Å². The molecule has 1 aliphatic carbocycles. The highest BCUT2D eigenvalue weighted by Crippen LogP contribution is 2.30. The van der Waals surface area contributed by atoms with Gasteiger partial charge in [-0.3, -0.25) is 4.90 Å². The Kier molecular flexibility index (Phi) is 6.06. The smallest absolute Gasteiger partial charge is 0.0247 e. The summed E-state index contributed by atoms with van der Waals surface area (Å²) in [5.74, 6) is 0. The first-order valence-corrected chi connectivity index (χ1v) is 8.64. The molecule has 1 N–H and O–H groups in total. The Bertz CT molecular complexity index is 427. The normalized spacial score (nSPS) is 15.3. The first-order valence-electron chi connectivity index (χ1n) is 7.85. The summed E-state index contributed by atoms with van der Waals surface area (Å²) < 4.78 is 1.25. The zero-order valence-electron chi connectivity index (χ0n) is 13.0. The van der Waals surface area contributed by atoms with Crippen molar-refractivity contribution in [1.29, 1.82) is 0 Å². The van der Waals surface area contributed by atoms with Crippen molar-refractivity contribution in [2.45, 2.75) is 65.2 Å². The van der Waals surface area contributed by atoms with Crippen molar-refractivity contribution in [1.82, 2.24) is 10.2 Å². The summed E-state index contributed by atoms with van der Waals surface area (Å²) in [6.45, 7) is 9.87. The van der Waals surface area contributed by atoms with E-state index in [1.807, 2.05) is 0 Å². The minimum absolute atomic E-state index is 0.531. The van der Waals surface area contributed by atoms with Gasteiger partial charge in [0.05, 0.1) is 0 Å². The minimum atomic E-state index is 0.531. The number of rotatable bonds is 8. The highest BCUT2D eigenvalue weighted by Gasteiger charge is 2.28. The molecule has 0 saturated heterocycles. The maximum Gasteiger partial charge on any atom is 0.0247 e. The van der Waals surface area contributed by atoms with Crippen molar-refractivity contribution in [3.05, 3.63) is 33.8 Å². The van der Waals surface area contributed by atoms with E-state index in [0.717, 1.165) is 19.1 Å². The van der Waals surface area contributed by atoms with Crippen molar-refractivity contribution >= 4 is 15.9 Å². The van der Waals surface area contributed by atoms with Crippen LogP contribution in [0.2, 0.25) is 0 Å². The van der Waals surface area contributed by atoms with Gasteiger partial charge in [0.15, 0.2) is 0 Å². The predicted molar refractivity (Wildman–Crippen MR) is 89.8 cm³/mol. The SMILES string of the molecule is CCCN(Cc1ccc(CNC(C)C)cc1Br)C1CC1. The molecule has 0 bridgehead atoms. The molecule has 1 fully saturated rings. The molecule has 0 unspecified atom stereocenters. The average molecular weight is 339 g/mol. The first-order chi connectivity index (χ1) is 9.60. The number of hydrogen-bond donors (Lipinski definition) is 1. The van der Waals surface area contributed by atoms with E-state index in [4.69, 9.17) is 0 Å². The average Bonchev–Trinajstić information content (AvgIpc) is 3.22. The Balaban J connectivity index is 1.97. The number of nitrogens with one attached hydrogen (secondary N) is 1. The monoisotopic (exact) mass is 338 g/mol. The Hall–Kier alpha value is -0.380. The molecule has 0 radical (unpaired) electrons. The van der Waals surface area contributed by atoms with Crippen LogP contribution in [0.3, 0.4) is 0 Å². The Labute approximate surface area is 132 Å². The second-order valence-corrected chi connectivity index (χ2v) is 7.02. The van der Waals surface area contributed by atoms with E-state index in [0.29, 0.717) is 6.04 Å².